The number of carbonyl (C=O) groups excluding carboxylic acids is 1. The Morgan fingerprint density at radius 2 is 1.39 bits per heavy atom. The quantitative estimate of drug-likeness (QED) is 0.305. The summed E-state index contributed by atoms with van der Waals surface area (Å²) in [5, 5.41) is 3.28. The number of hydrogen-bond donors (Lipinski definition) is 0. The molecule has 4 rings (SSSR count). The van der Waals surface area contributed by atoms with Crippen LogP contribution in [0.3, 0.4) is 0 Å². The van der Waals surface area contributed by atoms with Crippen LogP contribution in [-0.4, -0.2) is 5.97 Å². The molecular weight excluding hydrogens is 365 g/mol. The van der Waals surface area contributed by atoms with Crippen LogP contribution in [0, 0.1) is 0 Å². The predicted molar refractivity (Wildman–Crippen MR) is 102 cm³/mol. The molecule has 0 N–H and O–H groups in total. The van der Waals surface area contributed by atoms with Crippen molar-refractivity contribution in [2.24, 2.45) is 0 Å². The van der Waals surface area contributed by atoms with E-state index >= 15 is 0 Å². The van der Waals surface area contributed by atoms with Crippen molar-refractivity contribution >= 4 is 27.5 Å². The zero-order valence-corrected chi connectivity index (χ0v) is 14.7. The number of fused-ring (bicyclic) bond motifs is 2. The Balaban J connectivity index is 1.69. The van der Waals surface area contributed by atoms with Gasteiger partial charge in [-0.3, -0.25) is 0 Å². The number of hydrogen-bond acceptors (Lipinski definition) is 2. The minimum absolute atomic E-state index is 0.236. The summed E-state index contributed by atoms with van der Waals surface area (Å²) in [4.78, 5) is 12.9. The van der Waals surface area contributed by atoms with Gasteiger partial charge in [-0.25, -0.2) is 4.79 Å². The Kier molecular flexibility index (Phi) is 4.51. The van der Waals surface area contributed by atoms with E-state index in [0.717, 1.165) is 33.7 Å². The van der Waals surface area contributed by atoms with Gasteiger partial charge in [0.1, 0.15) is 6.61 Å². The molecular formula is C23H15F3O2. The number of benzene rings is 4. The van der Waals surface area contributed by atoms with E-state index in [1.54, 1.807) is 0 Å². The van der Waals surface area contributed by atoms with Crippen molar-refractivity contribution in [1.82, 2.24) is 0 Å². The Hall–Kier alpha value is -3.34. The van der Waals surface area contributed by atoms with Gasteiger partial charge >= 0.3 is 12.1 Å². The first-order valence-electron chi connectivity index (χ1n) is 8.67. The summed E-state index contributed by atoms with van der Waals surface area (Å²) in [6.07, 6.45) is -4.44. The van der Waals surface area contributed by atoms with Gasteiger partial charge in [0.05, 0.1) is 11.1 Å². The largest absolute Gasteiger partial charge is 0.457 e. The number of carbonyl (C=O) groups is 1. The Morgan fingerprint density at radius 3 is 2.00 bits per heavy atom. The number of halogens is 3. The highest BCUT2D eigenvalue weighted by Gasteiger charge is 2.30. The predicted octanol–water partition coefficient (Wildman–Crippen LogP) is 6.37. The van der Waals surface area contributed by atoms with E-state index in [2.05, 4.69) is 0 Å². The fraction of sp³-hybridized carbons (Fsp3) is 0.0870. The molecule has 5 heteroatoms. The molecule has 0 aromatic heterocycles. The summed E-state index contributed by atoms with van der Waals surface area (Å²) in [7, 11) is 0. The van der Waals surface area contributed by atoms with E-state index in [1.165, 1.54) is 12.1 Å². The molecule has 140 valence electrons. The fourth-order valence-electron chi connectivity index (χ4n) is 3.29. The van der Waals surface area contributed by atoms with Gasteiger partial charge in [-0.1, -0.05) is 60.7 Å². The van der Waals surface area contributed by atoms with Gasteiger partial charge in [0.25, 0.3) is 0 Å². The van der Waals surface area contributed by atoms with Crippen LogP contribution >= 0.6 is 0 Å². The van der Waals surface area contributed by atoms with Gasteiger partial charge in [0.15, 0.2) is 0 Å². The van der Waals surface area contributed by atoms with E-state index in [-0.39, 0.29) is 12.2 Å². The van der Waals surface area contributed by atoms with Crippen LogP contribution in [0.25, 0.3) is 21.5 Å². The maximum Gasteiger partial charge on any atom is 0.416 e. The molecule has 4 aromatic carbocycles. The van der Waals surface area contributed by atoms with Crippen molar-refractivity contribution in [3.8, 4) is 0 Å². The molecule has 0 amide bonds. The molecule has 0 spiro atoms. The summed E-state index contributed by atoms with van der Waals surface area (Å²) < 4.78 is 44.0. The molecule has 0 saturated heterocycles. The molecule has 2 nitrogen and oxygen atoms in total. The molecule has 0 bridgehead atoms. The third-order valence-corrected chi connectivity index (χ3v) is 4.60. The van der Waals surface area contributed by atoms with Gasteiger partial charge in [-0.2, -0.15) is 13.2 Å². The van der Waals surface area contributed by atoms with Crippen molar-refractivity contribution < 1.29 is 22.7 Å². The van der Waals surface area contributed by atoms with Crippen molar-refractivity contribution in [3.05, 3.63) is 95.6 Å². The lowest BCUT2D eigenvalue weighted by Gasteiger charge is -2.12. The van der Waals surface area contributed by atoms with E-state index in [4.69, 9.17) is 4.74 Å². The van der Waals surface area contributed by atoms with Gasteiger partial charge < -0.3 is 4.74 Å². The molecule has 0 saturated carbocycles. The minimum atomic E-state index is -4.44. The number of rotatable bonds is 3. The first-order chi connectivity index (χ1) is 13.4. The van der Waals surface area contributed by atoms with Crippen LogP contribution < -0.4 is 0 Å². The van der Waals surface area contributed by atoms with E-state index in [1.807, 2.05) is 54.6 Å². The van der Waals surface area contributed by atoms with Gasteiger partial charge in [-0.15, -0.1) is 0 Å². The summed E-state index contributed by atoms with van der Waals surface area (Å²) >= 11 is 0. The Bertz CT molecular complexity index is 1130. The van der Waals surface area contributed by atoms with Crippen molar-refractivity contribution in [2.45, 2.75) is 12.8 Å². The molecule has 0 aliphatic rings. The van der Waals surface area contributed by atoms with Crippen molar-refractivity contribution in [1.29, 1.82) is 0 Å². The Morgan fingerprint density at radius 1 is 0.786 bits per heavy atom. The second kappa shape index (κ2) is 7.00. The van der Waals surface area contributed by atoms with Crippen molar-refractivity contribution in [2.75, 3.05) is 0 Å². The highest BCUT2D eigenvalue weighted by atomic mass is 19.4. The summed E-state index contributed by atoms with van der Waals surface area (Å²) in [5.74, 6) is -0.564. The number of esters is 1. The molecule has 0 atom stereocenters. The average molecular weight is 380 g/mol. The molecule has 0 radical (unpaired) electrons. The van der Waals surface area contributed by atoms with Gasteiger partial charge in [0.2, 0.25) is 0 Å². The number of alkyl halides is 3. The van der Waals surface area contributed by atoms with Crippen LogP contribution in [0.1, 0.15) is 21.5 Å². The summed E-state index contributed by atoms with van der Waals surface area (Å²) in [6, 6.07) is 21.7. The van der Waals surface area contributed by atoms with Gasteiger partial charge in [-0.05, 0) is 45.3 Å². The van der Waals surface area contributed by atoms with E-state index < -0.39 is 17.7 Å². The van der Waals surface area contributed by atoms with Crippen molar-refractivity contribution in [3.63, 3.8) is 0 Å². The highest BCUT2D eigenvalue weighted by Crippen LogP contribution is 2.31. The summed E-state index contributed by atoms with van der Waals surface area (Å²) in [5.41, 5.74) is -0.0648. The maximum absolute atomic E-state index is 12.9. The average Bonchev–Trinajstić information content (AvgIpc) is 2.69. The van der Waals surface area contributed by atoms with E-state index in [9.17, 15) is 18.0 Å². The fourth-order valence-corrected chi connectivity index (χ4v) is 3.29. The summed E-state index contributed by atoms with van der Waals surface area (Å²) in [6.45, 7) is -0.236. The molecule has 0 fully saturated rings. The topological polar surface area (TPSA) is 26.3 Å². The molecule has 0 aliphatic heterocycles. The zero-order valence-electron chi connectivity index (χ0n) is 14.7. The van der Waals surface area contributed by atoms with E-state index in [0.29, 0.717) is 5.56 Å². The van der Waals surface area contributed by atoms with Crippen LogP contribution in [0.4, 0.5) is 13.2 Å². The second-order valence-corrected chi connectivity index (χ2v) is 6.47. The second-order valence-electron chi connectivity index (χ2n) is 6.47. The lowest BCUT2D eigenvalue weighted by atomic mass is 9.97. The third kappa shape index (κ3) is 3.43. The molecule has 0 unspecified atom stereocenters. The highest BCUT2D eigenvalue weighted by molar-refractivity contribution is 6.16. The van der Waals surface area contributed by atoms with Crippen LogP contribution in [-0.2, 0) is 17.5 Å². The smallest absolute Gasteiger partial charge is 0.416 e. The molecule has 0 heterocycles. The monoisotopic (exact) mass is 380 g/mol. The zero-order chi connectivity index (χ0) is 19.7. The third-order valence-electron chi connectivity index (χ3n) is 4.60. The number of ether oxygens (including phenoxy) is 1. The molecule has 4 aromatic rings. The maximum atomic E-state index is 12.9. The van der Waals surface area contributed by atoms with Crippen LogP contribution in [0.5, 0.6) is 0 Å². The normalized spacial score (nSPS) is 11.7. The standard InChI is InChI=1S/C23H15F3O2/c24-23(25,26)18-9-5-6-15(12-18)14-28-22(27)21-19-10-3-1-7-16(19)13-17-8-2-4-11-20(17)21/h1-13H,14H2. The minimum Gasteiger partial charge on any atom is -0.457 e. The first-order valence-corrected chi connectivity index (χ1v) is 8.67. The lowest BCUT2D eigenvalue weighted by molar-refractivity contribution is -0.137. The molecule has 0 aliphatic carbocycles. The SMILES string of the molecule is O=C(OCc1cccc(C(F)(F)F)c1)c1c2ccccc2cc2ccccc12. The molecule has 28 heavy (non-hydrogen) atoms. The van der Waals surface area contributed by atoms with Gasteiger partial charge in [0, 0.05) is 0 Å². The van der Waals surface area contributed by atoms with Crippen LogP contribution in [0.2, 0.25) is 0 Å². The Labute approximate surface area is 159 Å². The van der Waals surface area contributed by atoms with Crippen LogP contribution in [0.15, 0.2) is 78.9 Å². The lowest BCUT2D eigenvalue weighted by Crippen LogP contribution is -2.09. The first kappa shape index (κ1) is 18.0.